The van der Waals surface area contributed by atoms with Gasteiger partial charge in [-0.05, 0) is 47.9 Å². The van der Waals surface area contributed by atoms with Crippen LogP contribution in [0.1, 0.15) is 16.7 Å². The molecule has 0 atom stereocenters. The number of hydrogen-bond donors (Lipinski definition) is 1. The van der Waals surface area contributed by atoms with Crippen LogP contribution in [0.3, 0.4) is 0 Å². The van der Waals surface area contributed by atoms with Gasteiger partial charge in [0.1, 0.15) is 12.4 Å². The maximum atomic E-state index is 10.6. The Labute approximate surface area is 128 Å². The summed E-state index contributed by atoms with van der Waals surface area (Å²) in [6.07, 6.45) is 3.83. The SMILES string of the molecule is Cc1cc(C=Cc2ccc([N+](=O)[O-])cc2)ccc1OCCO. The van der Waals surface area contributed by atoms with Gasteiger partial charge in [-0.15, -0.1) is 0 Å². The van der Waals surface area contributed by atoms with E-state index in [1.165, 1.54) is 12.1 Å². The van der Waals surface area contributed by atoms with Crippen molar-refractivity contribution in [3.8, 4) is 5.75 Å². The molecule has 0 bridgehead atoms. The van der Waals surface area contributed by atoms with Crippen LogP contribution in [-0.4, -0.2) is 23.2 Å². The molecule has 0 saturated carbocycles. The fourth-order valence-corrected chi connectivity index (χ4v) is 1.99. The highest BCUT2D eigenvalue weighted by Crippen LogP contribution is 2.21. The number of non-ortho nitro benzene ring substituents is 1. The molecule has 0 aliphatic rings. The molecule has 0 unspecified atom stereocenters. The lowest BCUT2D eigenvalue weighted by Crippen LogP contribution is -2.02. The minimum Gasteiger partial charge on any atom is -0.491 e. The number of nitro benzene ring substituents is 1. The molecule has 0 saturated heterocycles. The topological polar surface area (TPSA) is 72.6 Å². The number of benzene rings is 2. The van der Waals surface area contributed by atoms with Crippen molar-refractivity contribution in [2.45, 2.75) is 6.92 Å². The molecule has 5 heteroatoms. The molecule has 1 N–H and O–H groups in total. The van der Waals surface area contributed by atoms with Gasteiger partial charge in [-0.2, -0.15) is 0 Å². The van der Waals surface area contributed by atoms with Crippen molar-refractivity contribution in [1.29, 1.82) is 0 Å². The molecule has 0 fully saturated rings. The van der Waals surface area contributed by atoms with E-state index in [2.05, 4.69) is 0 Å². The second kappa shape index (κ2) is 7.38. The van der Waals surface area contributed by atoms with Crippen molar-refractivity contribution in [1.82, 2.24) is 0 Å². The normalized spacial score (nSPS) is 10.8. The molecule has 0 aliphatic heterocycles. The average molecular weight is 299 g/mol. The Kier molecular flexibility index (Phi) is 5.27. The molecule has 0 heterocycles. The third-order valence-electron chi connectivity index (χ3n) is 3.12. The third-order valence-corrected chi connectivity index (χ3v) is 3.12. The fourth-order valence-electron chi connectivity index (χ4n) is 1.99. The van der Waals surface area contributed by atoms with Gasteiger partial charge in [-0.3, -0.25) is 10.1 Å². The van der Waals surface area contributed by atoms with Crippen LogP contribution in [0.5, 0.6) is 5.75 Å². The molecule has 0 aromatic heterocycles. The van der Waals surface area contributed by atoms with Gasteiger partial charge in [0.15, 0.2) is 0 Å². The van der Waals surface area contributed by atoms with Gasteiger partial charge in [-0.1, -0.05) is 18.2 Å². The van der Waals surface area contributed by atoms with Crippen molar-refractivity contribution in [3.05, 3.63) is 69.3 Å². The van der Waals surface area contributed by atoms with E-state index in [1.54, 1.807) is 12.1 Å². The number of nitrogens with zero attached hydrogens (tertiary/aromatic N) is 1. The summed E-state index contributed by atoms with van der Waals surface area (Å²) in [7, 11) is 0. The minimum absolute atomic E-state index is 0.0127. The highest BCUT2D eigenvalue weighted by Gasteiger charge is 2.02. The van der Waals surface area contributed by atoms with E-state index in [1.807, 2.05) is 37.3 Å². The molecule has 0 radical (unpaired) electrons. The van der Waals surface area contributed by atoms with Crippen molar-refractivity contribution in [2.75, 3.05) is 13.2 Å². The van der Waals surface area contributed by atoms with E-state index in [0.717, 1.165) is 22.4 Å². The number of ether oxygens (including phenoxy) is 1. The van der Waals surface area contributed by atoms with Crippen LogP contribution >= 0.6 is 0 Å². The van der Waals surface area contributed by atoms with Crippen LogP contribution in [0, 0.1) is 17.0 Å². The maximum absolute atomic E-state index is 10.6. The standard InChI is InChI=1S/C17H17NO4/c1-13-12-15(6-9-17(13)22-11-10-19)3-2-14-4-7-16(8-5-14)18(20)21/h2-9,12,19H,10-11H2,1H3. The molecular weight excluding hydrogens is 282 g/mol. The summed E-state index contributed by atoms with van der Waals surface area (Å²) in [4.78, 5) is 10.2. The summed E-state index contributed by atoms with van der Waals surface area (Å²) in [5.41, 5.74) is 2.97. The second-order valence-corrected chi connectivity index (χ2v) is 4.78. The van der Waals surface area contributed by atoms with E-state index in [0.29, 0.717) is 0 Å². The third kappa shape index (κ3) is 4.17. The first-order valence-electron chi connectivity index (χ1n) is 6.87. The summed E-state index contributed by atoms with van der Waals surface area (Å²) in [5, 5.41) is 19.4. The highest BCUT2D eigenvalue weighted by molar-refractivity contribution is 5.70. The number of nitro groups is 1. The molecule has 0 amide bonds. The summed E-state index contributed by atoms with van der Waals surface area (Å²) in [6.45, 7) is 2.20. The predicted octanol–water partition coefficient (Wildman–Crippen LogP) is 3.44. The Morgan fingerprint density at radius 2 is 1.77 bits per heavy atom. The zero-order valence-electron chi connectivity index (χ0n) is 12.2. The summed E-state index contributed by atoms with van der Waals surface area (Å²) in [6, 6.07) is 12.1. The Hall–Kier alpha value is -2.66. The average Bonchev–Trinajstić information content (AvgIpc) is 2.52. The lowest BCUT2D eigenvalue weighted by Gasteiger charge is -2.08. The molecule has 114 valence electrons. The summed E-state index contributed by atoms with van der Waals surface area (Å²) >= 11 is 0. The number of aliphatic hydroxyl groups excluding tert-OH is 1. The smallest absolute Gasteiger partial charge is 0.269 e. The van der Waals surface area contributed by atoms with E-state index in [-0.39, 0.29) is 18.9 Å². The first-order valence-corrected chi connectivity index (χ1v) is 6.87. The molecular formula is C17H17NO4. The largest absolute Gasteiger partial charge is 0.491 e. The molecule has 0 aliphatic carbocycles. The number of aryl methyl sites for hydroxylation is 1. The van der Waals surface area contributed by atoms with E-state index >= 15 is 0 Å². The predicted molar refractivity (Wildman–Crippen MR) is 85.8 cm³/mol. The van der Waals surface area contributed by atoms with Crippen molar-refractivity contribution < 1.29 is 14.8 Å². The Morgan fingerprint density at radius 1 is 1.14 bits per heavy atom. The monoisotopic (exact) mass is 299 g/mol. The quantitative estimate of drug-likeness (QED) is 0.504. The van der Waals surface area contributed by atoms with E-state index in [9.17, 15) is 10.1 Å². The Bertz CT molecular complexity index is 678. The summed E-state index contributed by atoms with van der Waals surface area (Å²) < 4.78 is 5.40. The second-order valence-electron chi connectivity index (χ2n) is 4.78. The van der Waals surface area contributed by atoms with E-state index in [4.69, 9.17) is 9.84 Å². The van der Waals surface area contributed by atoms with Crippen molar-refractivity contribution >= 4 is 17.8 Å². The molecule has 0 spiro atoms. The Balaban J connectivity index is 2.09. The van der Waals surface area contributed by atoms with Crippen LogP contribution < -0.4 is 4.74 Å². The van der Waals surface area contributed by atoms with Crippen molar-refractivity contribution in [2.24, 2.45) is 0 Å². The molecule has 2 aromatic rings. The first-order chi connectivity index (χ1) is 10.6. The van der Waals surface area contributed by atoms with Gasteiger partial charge in [0, 0.05) is 12.1 Å². The van der Waals surface area contributed by atoms with Crippen LogP contribution in [0.4, 0.5) is 5.69 Å². The molecule has 2 rings (SSSR count). The van der Waals surface area contributed by atoms with Gasteiger partial charge in [0.25, 0.3) is 5.69 Å². The zero-order chi connectivity index (χ0) is 15.9. The van der Waals surface area contributed by atoms with Gasteiger partial charge < -0.3 is 9.84 Å². The highest BCUT2D eigenvalue weighted by atomic mass is 16.6. The minimum atomic E-state index is -0.415. The van der Waals surface area contributed by atoms with Crippen molar-refractivity contribution in [3.63, 3.8) is 0 Å². The molecule has 2 aromatic carbocycles. The lowest BCUT2D eigenvalue weighted by molar-refractivity contribution is -0.384. The molecule has 5 nitrogen and oxygen atoms in total. The Morgan fingerprint density at radius 3 is 2.36 bits per heavy atom. The van der Waals surface area contributed by atoms with Gasteiger partial charge in [0.2, 0.25) is 0 Å². The number of hydrogen-bond acceptors (Lipinski definition) is 4. The van der Waals surface area contributed by atoms with Crippen LogP contribution in [0.2, 0.25) is 0 Å². The van der Waals surface area contributed by atoms with E-state index < -0.39 is 4.92 Å². The number of rotatable bonds is 6. The lowest BCUT2D eigenvalue weighted by atomic mass is 10.1. The van der Waals surface area contributed by atoms with Gasteiger partial charge in [0.05, 0.1) is 11.5 Å². The van der Waals surface area contributed by atoms with Crippen LogP contribution in [-0.2, 0) is 0 Å². The fraction of sp³-hybridized carbons (Fsp3) is 0.176. The first kappa shape index (κ1) is 15.7. The van der Waals surface area contributed by atoms with Crippen LogP contribution in [0.15, 0.2) is 42.5 Å². The van der Waals surface area contributed by atoms with Crippen LogP contribution in [0.25, 0.3) is 12.2 Å². The van der Waals surface area contributed by atoms with Gasteiger partial charge >= 0.3 is 0 Å². The maximum Gasteiger partial charge on any atom is 0.269 e. The van der Waals surface area contributed by atoms with Gasteiger partial charge in [-0.25, -0.2) is 0 Å². The number of aliphatic hydroxyl groups is 1. The zero-order valence-corrected chi connectivity index (χ0v) is 12.2. The summed E-state index contributed by atoms with van der Waals surface area (Å²) in [5.74, 6) is 0.751. The molecule has 22 heavy (non-hydrogen) atoms.